The minimum absolute atomic E-state index is 0. The largest absolute Gasteiger partial charge is 0.316 e. The van der Waals surface area contributed by atoms with Crippen molar-refractivity contribution >= 4 is 31.5 Å². The summed E-state index contributed by atoms with van der Waals surface area (Å²) >= 11 is 0. The summed E-state index contributed by atoms with van der Waals surface area (Å²) in [6.07, 6.45) is 0. The van der Waals surface area contributed by atoms with Crippen LogP contribution in [0.1, 0.15) is 13.8 Å². The van der Waals surface area contributed by atoms with E-state index in [-0.39, 0.29) is 31.5 Å². The predicted molar refractivity (Wildman–Crippen MR) is 29.8 cm³/mol. The van der Waals surface area contributed by atoms with E-state index in [1.54, 1.807) is 0 Å². The van der Waals surface area contributed by atoms with Crippen LogP contribution in [0.5, 0.6) is 0 Å². The molecule has 0 saturated carbocycles. The number of hydrogen-bond acceptors (Lipinski definition) is 0. The quantitative estimate of drug-likeness (QED) is 0.318. The van der Waals surface area contributed by atoms with E-state index in [0.29, 0.717) is 0 Å². The van der Waals surface area contributed by atoms with Gasteiger partial charge in [0.15, 0.2) is 0 Å². The first kappa shape index (κ1) is 21.1. The summed E-state index contributed by atoms with van der Waals surface area (Å²) in [5, 5.41) is 0. The van der Waals surface area contributed by atoms with Gasteiger partial charge >= 0.3 is 23.1 Å². The highest BCUT2D eigenvalue weighted by Gasteiger charge is 0.932. The summed E-state index contributed by atoms with van der Waals surface area (Å²) in [5.74, 6) is 0. The molecule has 0 atom stereocenters. The monoisotopic (exact) mass is 70.1 g/mol. The Kier molecular flexibility index (Phi) is 235. The molecule has 0 amide bonds. The van der Waals surface area contributed by atoms with Crippen molar-refractivity contribution < 1.29 is 0 Å². The standard InChI is InChI=1S/C2H6.BH3.Mg.2H/c1-2;;;;/h1-2H3;1H3;;;. The lowest BCUT2D eigenvalue weighted by atomic mass is 10.8. The highest BCUT2D eigenvalue weighted by atomic mass is 24.3. The first-order valence-electron chi connectivity index (χ1n) is 1.00. The zero-order valence-corrected chi connectivity index (χ0v) is 2.00. The third-order valence-corrected chi connectivity index (χ3v) is 0. The molecule has 0 aromatic heterocycles. The van der Waals surface area contributed by atoms with E-state index >= 15 is 0 Å². The molecular weight excluding hydrogens is 59.1 g/mol. The van der Waals surface area contributed by atoms with E-state index in [2.05, 4.69) is 0 Å². The fourth-order valence-electron chi connectivity index (χ4n) is 0. The molecule has 24 valence electrons. The van der Waals surface area contributed by atoms with Crippen LogP contribution in [-0.4, -0.2) is 31.5 Å². The van der Waals surface area contributed by atoms with Crippen molar-refractivity contribution in [1.29, 1.82) is 0 Å². The lowest BCUT2D eigenvalue weighted by Gasteiger charge is -1.07. The smallest absolute Gasteiger partial charge is 0.0683 e. The van der Waals surface area contributed by atoms with Crippen LogP contribution in [0.4, 0.5) is 0 Å². The molecule has 0 saturated heterocycles. The van der Waals surface area contributed by atoms with Gasteiger partial charge in [-0.05, 0) is 0 Å². The maximum Gasteiger partial charge on any atom is 0.316 e. The van der Waals surface area contributed by atoms with Crippen LogP contribution in [-0.2, 0) is 0 Å². The Morgan fingerprint density at radius 1 is 1.00 bits per heavy atom. The van der Waals surface area contributed by atoms with Gasteiger partial charge in [0.25, 0.3) is 0 Å². The molecular formula is C2H11BMg. The SMILES string of the molecule is B.CC.[MgH2]. The molecule has 0 unspecified atom stereocenters. The van der Waals surface area contributed by atoms with Crippen LogP contribution in [0.15, 0.2) is 0 Å². The minimum Gasteiger partial charge on any atom is -0.0683 e. The van der Waals surface area contributed by atoms with Crippen LogP contribution in [0.25, 0.3) is 0 Å². The van der Waals surface area contributed by atoms with Gasteiger partial charge in [-0.3, -0.25) is 0 Å². The van der Waals surface area contributed by atoms with E-state index in [4.69, 9.17) is 0 Å². The molecule has 0 N–H and O–H groups in total. The second-order valence-electron chi connectivity index (χ2n) is 0. The van der Waals surface area contributed by atoms with Crippen molar-refractivity contribution in [3.8, 4) is 0 Å². The third kappa shape index (κ3) is 13.7. The second kappa shape index (κ2) is 44.5. The van der Waals surface area contributed by atoms with Gasteiger partial charge in [0.1, 0.15) is 0 Å². The summed E-state index contributed by atoms with van der Waals surface area (Å²) in [5.41, 5.74) is 0. The van der Waals surface area contributed by atoms with Gasteiger partial charge in [-0.2, -0.15) is 0 Å². The van der Waals surface area contributed by atoms with Gasteiger partial charge in [0, 0.05) is 0 Å². The molecule has 0 rings (SSSR count). The molecule has 0 aromatic rings. The Hall–Kier alpha value is 0.831. The molecule has 0 nitrogen and oxygen atoms in total. The molecule has 0 bridgehead atoms. The van der Waals surface area contributed by atoms with Crippen molar-refractivity contribution in [2.75, 3.05) is 0 Å². The molecule has 0 aliphatic rings. The maximum absolute atomic E-state index is 2.00. The molecule has 0 radical (unpaired) electrons. The lowest BCUT2D eigenvalue weighted by molar-refractivity contribution is 1.50. The Morgan fingerprint density at radius 3 is 1.00 bits per heavy atom. The zero-order valence-electron chi connectivity index (χ0n) is 2.00. The first-order valence-corrected chi connectivity index (χ1v) is 1.00. The topological polar surface area (TPSA) is 0 Å². The van der Waals surface area contributed by atoms with Crippen molar-refractivity contribution in [2.45, 2.75) is 13.8 Å². The molecule has 2 heteroatoms. The van der Waals surface area contributed by atoms with E-state index in [1.165, 1.54) is 0 Å². The van der Waals surface area contributed by atoms with E-state index in [1.807, 2.05) is 13.8 Å². The van der Waals surface area contributed by atoms with Crippen LogP contribution < -0.4 is 0 Å². The van der Waals surface area contributed by atoms with Gasteiger partial charge in [0.05, 0.1) is 8.41 Å². The molecule has 0 aliphatic carbocycles. The Morgan fingerprint density at radius 2 is 1.00 bits per heavy atom. The summed E-state index contributed by atoms with van der Waals surface area (Å²) in [6.45, 7) is 4.00. The second-order valence-corrected chi connectivity index (χ2v) is 0. The lowest BCUT2D eigenvalue weighted by Crippen LogP contribution is -0.856. The molecule has 0 heterocycles. The normalized spacial score (nSPS) is 1.50. The Labute approximate surface area is 45.7 Å². The molecule has 4 heavy (non-hydrogen) atoms. The zero-order chi connectivity index (χ0) is 2.00. The third-order valence-electron chi connectivity index (χ3n) is 0. The van der Waals surface area contributed by atoms with Crippen molar-refractivity contribution in [2.24, 2.45) is 0 Å². The Bertz CT molecular complexity index is 6.00. The molecule has 0 fully saturated rings. The van der Waals surface area contributed by atoms with Crippen molar-refractivity contribution in [3.63, 3.8) is 0 Å². The van der Waals surface area contributed by atoms with Gasteiger partial charge in [0.2, 0.25) is 0 Å². The molecule has 0 aliphatic heterocycles. The fourth-order valence-corrected chi connectivity index (χ4v) is 0. The average Bonchev–Trinajstić information content (AvgIpc) is 1.00. The Balaban J connectivity index is -0.00000000500. The van der Waals surface area contributed by atoms with E-state index < -0.39 is 0 Å². The van der Waals surface area contributed by atoms with Crippen LogP contribution in [0, 0.1) is 0 Å². The van der Waals surface area contributed by atoms with Crippen molar-refractivity contribution in [1.82, 2.24) is 0 Å². The van der Waals surface area contributed by atoms with Gasteiger partial charge in [-0.25, -0.2) is 0 Å². The van der Waals surface area contributed by atoms with Crippen LogP contribution in [0.3, 0.4) is 0 Å². The summed E-state index contributed by atoms with van der Waals surface area (Å²) in [4.78, 5) is 0. The van der Waals surface area contributed by atoms with Crippen molar-refractivity contribution in [3.05, 3.63) is 0 Å². The molecule has 0 aromatic carbocycles. The van der Waals surface area contributed by atoms with Crippen LogP contribution >= 0.6 is 0 Å². The summed E-state index contributed by atoms with van der Waals surface area (Å²) in [6, 6.07) is 0. The number of hydrogen-bond donors (Lipinski definition) is 0. The first-order chi connectivity index (χ1) is 1.00. The molecule has 0 spiro atoms. The highest BCUT2D eigenvalue weighted by Crippen LogP contribution is 1.14. The summed E-state index contributed by atoms with van der Waals surface area (Å²) in [7, 11) is 0. The van der Waals surface area contributed by atoms with E-state index in [9.17, 15) is 0 Å². The summed E-state index contributed by atoms with van der Waals surface area (Å²) < 4.78 is 0. The van der Waals surface area contributed by atoms with Gasteiger partial charge in [-0.15, -0.1) is 0 Å². The minimum atomic E-state index is 0. The predicted octanol–water partition coefficient (Wildman–Crippen LogP) is -1.07. The highest BCUT2D eigenvalue weighted by molar-refractivity contribution is 5.76. The maximum atomic E-state index is 2.00. The number of rotatable bonds is 0. The average molecular weight is 70.2 g/mol. The van der Waals surface area contributed by atoms with Gasteiger partial charge < -0.3 is 0 Å². The van der Waals surface area contributed by atoms with Gasteiger partial charge in [-0.1, -0.05) is 13.8 Å². The fraction of sp³-hybridized carbons (Fsp3) is 1.00. The van der Waals surface area contributed by atoms with Crippen LogP contribution in [0.2, 0.25) is 0 Å². The van der Waals surface area contributed by atoms with E-state index in [0.717, 1.165) is 0 Å².